The molecule has 102 valence electrons. The molecule has 0 radical (unpaired) electrons. The van der Waals surface area contributed by atoms with Gasteiger partial charge in [0.15, 0.2) is 5.78 Å². The highest BCUT2D eigenvalue weighted by Crippen LogP contribution is 2.38. The number of hydrogen-bond donors (Lipinski definition) is 0. The smallest absolute Gasteiger partial charge is 0.199 e. The number of carbonyl (C=O) groups excluding carboxylic acids is 1. The summed E-state index contributed by atoms with van der Waals surface area (Å²) in [6, 6.07) is 10.6. The van der Waals surface area contributed by atoms with Crippen molar-refractivity contribution in [3.8, 4) is 0 Å². The molecule has 0 spiro atoms. The Balaban J connectivity index is 2.07. The average molecular weight is 272 g/mol. The van der Waals surface area contributed by atoms with Crippen LogP contribution < -0.4 is 0 Å². The fourth-order valence-corrected chi connectivity index (χ4v) is 2.63. The maximum Gasteiger partial charge on any atom is 0.199 e. The van der Waals surface area contributed by atoms with Gasteiger partial charge in [-0.3, -0.25) is 4.79 Å². The first kappa shape index (κ1) is 13.0. The number of ketones is 1. The minimum absolute atomic E-state index is 0.338. The van der Waals surface area contributed by atoms with Crippen LogP contribution in [0.15, 0.2) is 42.5 Å². The van der Waals surface area contributed by atoms with Gasteiger partial charge in [0, 0.05) is 5.56 Å². The van der Waals surface area contributed by atoms with Crippen molar-refractivity contribution in [2.75, 3.05) is 0 Å². The Kier molecular flexibility index (Phi) is 3.35. The Hall–Kier alpha value is -2.03. The van der Waals surface area contributed by atoms with Crippen LogP contribution in [0, 0.1) is 11.6 Å². The minimum atomic E-state index is -0.807. The quantitative estimate of drug-likeness (QED) is 0.754. The van der Waals surface area contributed by atoms with Crippen LogP contribution in [0.25, 0.3) is 0 Å². The topological polar surface area (TPSA) is 17.1 Å². The van der Waals surface area contributed by atoms with Gasteiger partial charge in [-0.05, 0) is 36.5 Å². The van der Waals surface area contributed by atoms with Gasteiger partial charge in [0.1, 0.15) is 11.6 Å². The summed E-state index contributed by atoms with van der Waals surface area (Å²) in [5.41, 5.74) is 0.867. The fourth-order valence-electron chi connectivity index (χ4n) is 2.63. The molecule has 0 heterocycles. The molecule has 0 atom stereocenters. The fraction of sp³-hybridized carbons (Fsp3) is 0.235. The Morgan fingerprint density at radius 1 is 0.950 bits per heavy atom. The molecular weight excluding hydrogens is 258 g/mol. The standard InChI is InChI=1S/C17H14F2O/c18-14-9-4-10-15(19)16(14)17(20)13-8-2-1-7-12(13)11-5-3-6-11/h1-2,4,7-11H,3,5-6H2. The van der Waals surface area contributed by atoms with Crippen LogP contribution in [0.2, 0.25) is 0 Å². The molecule has 0 aliphatic heterocycles. The lowest BCUT2D eigenvalue weighted by molar-refractivity contribution is 0.102. The first-order valence-electron chi connectivity index (χ1n) is 6.76. The van der Waals surface area contributed by atoms with E-state index in [1.807, 2.05) is 12.1 Å². The van der Waals surface area contributed by atoms with E-state index in [4.69, 9.17) is 0 Å². The molecule has 20 heavy (non-hydrogen) atoms. The average Bonchev–Trinajstić information content (AvgIpc) is 2.37. The van der Waals surface area contributed by atoms with Crippen LogP contribution in [-0.4, -0.2) is 5.78 Å². The zero-order valence-electron chi connectivity index (χ0n) is 10.9. The van der Waals surface area contributed by atoms with Crippen LogP contribution in [-0.2, 0) is 0 Å². The molecule has 1 nitrogen and oxygen atoms in total. The monoisotopic (exact) mass is 272 g/mol. The molecule has 0 amide bonds. The van der Waals surface area contributed by atoms with E-state index in [0.717, 1.165) is 37.0 Å². The lowest BCUT2D eigenvalue weighted by atomic mass is 9.77. The normalized spacial score (nSPS) is 14.9. The van der Waals surface area contributed by atoms with Crippen LogP contribution in [0.1, 0.15) is 46.7 Å². The Bertz CT molecular complexity index is 640. The highest BCUT2D eigenvalue weighted by molar-refractivity contribution is 6.10. The van der Waals surface area contributed by atoms with Gasteiger partial charge >= 0.3 is 0 Å². The van der Waals surface area contributed by atoms with E-state index in [0.29, 0.717) is 11.5 Å². The zero-order valence-corrected chi connectivity index (χ0v) is 10.9. The molecule has 1 saturated carbocycles. The number of benzene rings is 2. The Morgan fingerprint density at radius 3 is 2.20 bits per heavy atom. The van der Waals surface area contributed by atoms with Crippen molar-refractivity contribution in [1.82, 2.24) is 0 Å². The van der Waals surface area contributed by atoms with Crippen molar-refractivity contribution in [2.45, 2.75) is 25.2 Å². The van der Waals surface area contributed by atoms with Crippen LogP contribution in [0.5, 0.6) is 0 Å². The number of rotatable bonds is 3. The summed E-state index contributed by atoms with van der Waals surface area (Å²) in [7, 11) is 0. The third-order valence-corrected chi connectivity index (χ3v) is 3.94. The maximum atomic E-state index is 13.8. The molecule has 0 bridgehead atoms. The van der Waals surface area contributed by atoms with Crippen molar-refractivity contribution in [3.05, 3.63) is 70.8 Å². The number of halogens is 2. The molecule has 3 heteroatoms. The summed E-state index contributed by atoms with van der Waals surface area (Å²) in [6.45, 7) is 0. The molecule has 0 unspecified atom stereocenters. The summed E-state index contributed by atoms with van der Waals surface area (Å²) in [5.74, 6) is -1.84. The van der Waals surface area contributed by atoms with E-state index < -0.39 is 23.0 Å². The highest BCUT2D eigenvalue weighted by atomic mass is 19.1. The second-order valence-corrected chi connectivity index (χ2v) is 5.14. The predicted octanol–water partition coefficient (Wildman–Crippen LogP) is 4.46. The molecule has 0 aromatic heterocycles. The van der Waals surface area contributed by atoms with Gasteiger partial charge < -0.3 is 0 Å². The lowest BCUT2D eigenvalue weighted by Crippen LogP contribution is -2.16. The molecule has 1 aliphatic rings. The summed E-state index contributed by atoms with van der Waals surface area (Å²) in [5, 5.41) is 0. The van der Waals surface area contributed by atoms with Gasteiger partial charge in [0.05, 0.1) is 5.56 Å². The third-order valence-electron chi connectivity index (χ3n) is 3.94. The first-order chi connectivity index (χ1) is 9.68. The Morgan fingerprint density at radius 2 is 1.60 bits per heavy atom. The van der Waals surface area contributed by atoms with Crippen molar-refractivity contribution >= 4 is 5.78 Å². The van der Waals surface area contributed by atoms with Gasteiger partial charge in [-0.2, -0.15) is 0 Å². The van der Waals surface area contributed by atoms with Gasteiger partial charge in [-0.25, -0.2) is 8.78 Å². The molecule has 2 aromatic rings. The Labute approximate surface area is 116 Å². The van der Waals surface area contributed by atoms with E-state index >= 15 is 0 Å². The summed E-state index contributed by atoms with van der Waals surface area (Å²) in [6.07, 6.45) is 3.20. The SMILES string of the molecule is O=C(c1ccccc1C1CCC1)c1c(F)cccc1F. The van der Waals surface area contributed by atoms with Gasteiger partial charge in [0.25, 0.3) is 0 Å². The van der Waals surface area contributed by atoms with Crippen LogP contribution >= 0.6 is 0 Å². The van der Waals surface area contributed by atoms with Crippen molar-refractivity contribution < 1.29 is 13.6 Å². The molecule has 0 saturated heterocycles. The second kappa shape index (κ2) is 5.16. The van der Waals surface area contributed by atoms with E-state index in [9.17, 15) is 13.6 Å². The largest absolute Gasteiger partial charge is 0.288 e. The summed E-state index contributed by atoms with van der Waals surface area (Å²) >= 11 is 0. The summed E-state index contributed by atoms with van der Waals surface area (Å²) in [4.78, 5) is 12.5. The van der Waals surface area contributed by atoms with Gasteiger partial charge in [-0.15, -0.1) is 0 Å². The van der Waals surface area contributed by atoms with E-state index in [1.54, 1.807) is 12.1 Å². The van der Waals surface area contributed by atoms with Gasteiger partial charge in [0.2, 0.25) is 0 Å². The van der Waals surface area contributed by atoms with E-state index in [1.165, 1.54) is 6.07 Å². The van der Waals surface area contributed by atoms with E-state index in [-0.39, 0.29) is 0 Å². The van der Waals surface area contributed by atoms with E-state index in [2.05, 4.69) is 0 Å². The molecule has 3 rings (SSSR count). The molecule has 1 aliphatic carbocycles. The lowest BCUT2D eigenvalue weighted by Gasteiger charge is -2.27. The number of carbonyl (C=O) groups is 1. The predicted molar refractivity (Wildman–Crippen MR) is 72.8 cm³/mol. The van der Waals surface area contributed by atoms with Crippen LogP contribution in [0.3, 0.4) is 0 Å². The summed E-state index contributed by atoms with van der Waals surface area (Å²) < 4.78 is 27.5. The van der Waals surface area contributed by atoms with Gasteiger partial charge in [-0.1, -0.05) is 36.8 Å². The third kappa shape index (κ3) is 2.13. The van der Waals surface area contributed by atoms with Crippen LogP contribution in [0.4, 0.5) is 8.78 Å². The van der Waals surface area contributed by atoms with Crippen molar-refractivity contribution in [3.63, 3.8) is 0 Å². The molecular formula is C17H14F2O. The zero-order chi connectivity index (χ0) is 14.1. The molecule has 0 N–H and O–H groups in total. The number of hydrogen-bond acceptors (Lipinski definition) is 1. The van der Waals surface area contributed by atoms with Crippen molar-refractivity contribution in [2.24, 2.45) is 0 Å². The minimum Gasteiger partial charge on any atom is -0.288 e. The highest BCUT2D eigenvalue weighted by Gasteiger charge is 2.26. The molecule has 2 aromatic carbocycles. The first-order valence-corrected chi connectivity index (χ1v) is 6.76. The maximum absolute atomic E-state index is 13.8. The second-order valence-electron chi connectivity index (χ2n) is 5.14. The molecule has 1 fully saturated rings. The van der Waals surface area contributed by atoms with Crippen molar-refractivity contribution in [1.29, 1.82) is 0 Å².